The average Bonchev–Trinajstić information content (AvgIpc) is 1.97. The molecule has 0 fully saturated rings. The topological polar surface area (TPSA) is 40.9 Å². The maximum absolute atomic E-state index is 10.9. The zero-order valence-corrected chi connectivity index (χ0v) is 7.02. The molecule has 0 aromatic rings. The number of nitrogens with one attached hydrogen (secondary N) is 1. The van der Waals surface area contributed by atoms with E-state index in [4.69, 9.17) is 5.41 Å². The largest absolute Gasteiger partial charge is 0.313 e. The van der Waals surface area contributed by atoms with Crippen LogP contribution in [0.4, 0.5) is 0 Å². The first-order chi connectivity index (χ1) is 5.18. The van der Waals surface area contributed by atoms with Crippen LogP contribution < -0.4 is 0 Å². The number of ketones is 1. The predicted molar refractivity (Wildman–Crippen MR) is 47.1 cm³/mol. The summed E-state index contributed by atoms with van der Waals surface area (Å²) >= 11 is 0. The van der Waals surface area contributed by atoms with E-state index < -0.39 is 0 Å². The molecule has 62 valence electrons. The predicted octanol–water partition coefficient (Wildman–Crippen LogP) is 2.34. The van der Waals surface area contributed by atoms with E-state index in [2.05, 4.69) is 6.58 Å². The molecule has 0 radical (unpaired) electrons. The fourth-order valence-corrected chi connectivity index (χ4v) is 0.745. The van der Waals surface area contributed by atoms with Gasteiger partial charge in [-0.3, -0.25) is 4.79 Å². The van der Waals surface area contributed by atoms with Gasteiger partial charge in [0, 0.05) is 6.42 Å². The van der Waals surface area contributed by atoms with Gasteiger partial charge in [-0.2, -0.15) is 0 Å². The normalized spacial score (nSPS) is 9.18. The van der Waals surface area contributed by atoms with Gasteiger partial charge in [0.2, 0.25) is 0 Å². The summed E-state index contributed by atoms with van der Waals surface area (Å²) < 4.78 is 0. The van der Waals surface area contributed by atoms with Crippen molar-refractivity contribution in [2.45, 2.75) is 32.6 Å². The quantitative estimate of drug-likeness (QED) is 0.355. The SMILES string of the molecule is C=C(C)C(=O)CCCCC=N. The second kappa shape index (κ2) is 5.83. The summed E-state index contributed by atoms with van der Waals surface area (Å²) in [6.07, 6.45) is 4.56. The maximum Gasteiger partial charge on any atom is 0.157 e. The van der Waals surface area contributed by atoms with E-state index in [9.17, 15) is 4.79 Å². The molecule has 0 spiro atoms. The highest BCUT2D eigenvalue weighted by atomic mass is 16.1. The van der Waals surface area contributed by atoms with Gasteiger partial charge in [-0.1, -0.05) is 6.58 Å². The van der Waals surface area contributed by atoms with Crippen LogP contribution in [-0.4, -0.2) is 12.0 Å². The number of Topliss-reactive ketones (excluding diaryl/α,β-unsaturated/α-hetero) is 1. The Bertz CT molecular complexity index is 161. The number of hydrogen-bond acceptors (Lipinski definition) is 2. The Kier molecular flexibility index (Phi) is 5.35. The van der Waals surface area contributed by atoms with Crippen molar-refractivity contribution in [3.8, 4) is 0 Å². The minimum atomic E-state index is 0.148. The molecule has 2 heteroatoms. The smallest absolute Gasteiger partial charge is 0.157 e. The fraction of sp³-hybridized carbons (Fsp3) is 0.556. The van der Waals surface area contributed by atoms with E-state index in [1.54, 1.807) is 6.92 Å². The van der Waals surface area contributed by atoms with Crippen molar-refractivity contribution in [3.05, 3.63) is 12.2 Å². The highest BCUT2D eigenvalue weighted by Crippen LogP contribution is 2.03. The summed E-state index contributed by atoms with van der Waals surface area (Å²) in [5, 5.41) is 6.75. The van der Waals surface area contributed by atoms with Gasteiger partial charge < -0.3 is 5.41 Å². The molecule has 0 aromatic heterocycles. The van der Waals surface area contributed by atoms with Crippen LogP contribution in [0.3, 0.4) is 0 Å². The Hall–Kier alpha value is -0.920. The van der Waals surface area contributed by atoms with Crippen molar-refractivity contribution >= 4 is 12.0 Å². The Labute approximate surface area is 67.8 Å². The number of carbonyl (C=O) groups is 1. The molecule has 0 saturated carbocycles. The van der Waals surface area contributed by atoms with E-state index in [-0.39, 0.29) is 5.78 Å². The van der Waals surface area contributed by atoms with E-state index in [0.717, 1.165) is 19.3 Å². The minimum Gasteiger partial charge on any atom is -0.313 e. The van der Waals surface area contributed by atoms with E-state index >= 15 is 0 Å². The van der Waals surface area contributed by atoms with Crippen LogP contribution in [0.25, 0.3) is 0 Å². The molecule has 0 saturated heterocycles. The van der Waals surface area contributed by atoms with E-state index in [1.165, 1.54) is 6.21 Å². The molecule has 1 N–H and O–H groups in total. The molecule has 0 unspecified atom stereocenters. The molecule has 0 aliphatic heterocycles. The molecule has 0 rings (SSSR count). The standard InChI is InChI=1S/C9H15NO/c1-8(2)9(11)6-4-3-5-7-10/h7,10H,1,3-6H2,2H3. The second-order valence-corrected chi connectivity index (χ2v) is 2.65. The first-order valence-corrected chi connectivity index (χ1v) is 3.86. The summed E-state index contributed by atoms with van der Waals surface area (Å²) in [5.41, 5.74) is 0.639. The van der Waals surface area contributed by atoms with Crippen molar-refractivity contribution in [1.82, 2.24) is 0 Å². The fourth-order valence-electron chi connectivity index (χ4n) is 0.745. The number of unbranched alkanes of at least 4 members (excludes halogenated alkanes) is 2. The molecule has 0 aliphatic carbocycles. The number of allylic oxidation sites excluding steroid dienone is 1. The lowest BCUT2D eigenvalue weighted by Gasteiger charge is -1.96. The van der Waals surface area contributed by atoms with Gasteiger partial charge >= 0.3 is 0 Å². The van der Waals surface area contributed by atoms with Crippen LogP contribution in [0.1, 0.15) is 32.6 Å². The monoisotopic (exact) mass is 153 g/mol. The van der Waals surface area contributed by atoms with Crippen molar-refractivity contribution in [1.29, 1.82) is 5.41 Å². The Balaban J connectivity index is 3.31. The zero-order valence-electron chi connectivity index (χ0n) is 7.02. The lowest BCUT2D eigenvalue weighted by Crippen LogP contribution is -1.97. The third-order valence-electron chi connectivity index (χ3n) is 1.48. The molecule has 11 heavy (non-hydrogen) atoms. The van der Waals surface area contributed by atoms with Gasteiger partial charge in [0.1, 0.15) is 0 Å². The minimum absolute atomic E-state index is 0.148. The average molecular weight is 153 g/mol. The summed E-state index contributed by atoms with van der Waals surface area (Å²) in [4.78, 5) is 10.9. The van der Waals surface area contributed by atoms with Gasteiger partial charge in [0.15, 0.2) is 5.78 Å². The zero-order chi connectivity index (χ0) is 8.69. The molecule has 0 bridgehead atoms. The summed E-state index contributed by atoms with van der Waals surface area (Å²) in [7, 11) is 0. The third-order valence-corrected chi connectivity index (χ3v) is 1.48. The number of hydrogen-bond donors (Lipinski definition) is 1. The lowest BCUT2D eigenvalue weighted by molar-refractivity contribution is -0.115. The molecular formula is C9H15NO. The highest BCUT2D eigenvalue weighted by Gasteiger charge is 2.00. The van der Waals surface area contributed by atoms with Crippen molar-refractivity contribution in [3.63, 3.8) is 0 Å². The van der Waals surface area contributed by atoms with Crippen molar-refractivity contribution in [2.75, 3.05) is 0 Å². The van der Waals surface area contributed by atoms with Gasteiger partial charge in [0.05, 0.1) is 0 Å². The van der Waals surface area contributed by atoms with E-state index in [0.29, 0.717) is 12.0 Å². The van der Waals surface area contributed by atoms with Gasteiger partial charge in [0.25, 0.3) is 0 Å². The molecule has 0 heterocycles. The molecular weight excluding hydrogens is 138 g/mol. The maximum atomic E-state index is 10.9. The second-order valence-electron chi connectivity index (χ2n) is 2.65. The van der Waals surface area contributed by atoms with Gasteiger partial charge in [-0.05, 0) is 38.0 Å². The highest BCUT2D eigenvalue weighted by molar-refractivity contribution is 5.93. The Morgan fingerprint density at radius 3 is 2.64 bits per heavy atom. The van der Waals surface area contributed by atoms with Crippen molar-refractivity contribution in [2.24, 2.45) is 0 Å². The lowest BCUT2D eigenvalue weighted by atomic mass is 10.1. The summed E-state index contributed by atoms with van der Waals surface area (Å²) in [5.74, 6) is 0.148. The van der Waals surface area contributed by atoms with E-state index in [1.807, 2.05) is 0 Å². The molecule has 0 aromatic carbocycles. The number of carbonyl (C=O) groups excluding carboxylic acids is 1. The molecule has 0 atom stereocenters. The van der Waals surface area contributed by atoms with Crippen LogP contribution >= 0.6 is 0 Å². The van der Waals surface area contributed by atoms with Gasteiger partial charge in [-0.25, -0.2) is 0 Å². The third kappa shape index (κ3) is 5.52. The van der Waals surface area contributed by atoms with Crippen molar-refractivity contribution < 1.29 is 4.79 Å². The first-order valence-electron chi connectivity index (χ1n) is 3.86. The first kappa shape index (κ1) is 10.1. The van der Waals surface area contributed by atoms with Gasteiger partial charge in [-0.15, -0.1) is 0 Å². The molecule has 0 amide bonds. The van der Waals surface area contributed by atoms with Crippen LogP contribution in [0.2, 0.25) is 0 Å². The molecule has 2 nitrogen and oxygen atoms in total. The Morgan fingerprint density at radius 1 is 1.55 bits per heavy atom. The number of rotatable bonds is 6. The summed E-state index contributed by atoms with van der Waals surface area (Å²) in [6.45, 7) is 5.29. The summed E-state index contributed by atoms with van der Waals surface area (Å²) in [6, 6.07) is 0. The van der Waals surface area contributed by atoms with Crippen LogP contribution in [0.15, 0.2) is 12.2 Å². The van der Waals surface area contributed by atoms with Crippen LogP contribution in [-0.2, 0) is 4.79 Å². The van der Waals surface area contributed by atoms with Crippen LogP contribution in [0.5, 0.6) is 0 Å². The Morgan fingerprint density at radius 2 is 2.18 bits per heavy atom. The molecule has 0 aliphatic rings. The van der Waals surface area contributed by atoms with Crippen LogP contribution in [0, 0.1) is 5.41 Å².